The summed E-state index contributed by atoms with van der Waals surface area (Å²) in [7, 11) is 0. The monoisotopic (exact) mass is 362 g/mol. The first-order valence-corrected chi connectivity index (χ1v) is 8.90. The summed E-state index contributed by atoms with van der Waals surface area (Å²) in [6.45, 7) is 0. The summed E-state index contributed by atoms with van der Waals surface area (Å²) in [5.74, 6) is 0.537. The normalized spacial score (nSPS) is 10.8. The lowest BCUT2D eigenvalue weighted by molar-refractivity contribution is -0.113. The zero-order valence-corrected chi connectivity index (χ0v) is 14.4. The smallest absolute Gasteiger partial charge is 0.236 e. The topological polar surface area (TPSA) is 85.6 Å². The maximum atomic E-state index is 12.1. The number of tetrazole rings is 1. The summed E-state index contributed by atoms with van der Waals surface area (Å²) in [5.41, 5.74) is 0.876. The van der Waals surface area contributed by atoms with E-state index in [4.69, 9.17) is 0 Å². The van der Waals surface area contributed by atoms with Crippen molar-refractivity contribution in [2.45, 2.75) is 5.16 Å². The molecule has 0 fully saturated rings. The van der Waals surface area contributed by atoms with Crippen LogP contribution in [0, 0.1) is 0 Å². The molecule has 1 N–H and O–H groups in total. The van der Waals surface area contributed by atoms with E-state index in [2.05, 4.69) is 25.8 Å². The Morgan fingerprint density at radius 1 is 1.04 bits per heavy atom. The van der Waals surface area contributed by atoms with Gasteiger partial charge in [-0.2, -0.15) is 4.68 Å². The van der Waals surface area contributed by atoms with E-state index in [-0.39, 0.29) is 11.7 Å². The number of carbonyl (C=O) groups excluding carboxylic acids is 1. The Labute approximate surface area is 153 Å². The largest absolute Gasteiger partial charge is 0.310 e. The van der Waals surface area contributed by atoms with Crippen LogP contribution in [0.2, 0.25) is 0 Å². The first-order chi connectivity index (χ1) is 12.8. The van der Waals surface area contributed by atoms with Gasteiger partial charge in [0.25, 0.3) is 0 Å². The molecule has 0 aliphatic rings. The van der Waals surface area contributed by atoms with E-state index < -0.39 is 0 Å². The molecule has 0 radical (unpaired) electrons. The van der Waals surface area contributed by atoms with E-state index in [0.717, 1.165) is 16.5 Å². The number of pyridine rings is 1. The highest BCUT2D eigenvalue weighted by molar-refractivity contribution is 7.99. The van der Waals surface area contributed by atoms with E-state index >= 15 is 0 Å². The molecule has 0 saturated carbocycles. The minimum atomic E-state index is -0.166. The van der Waals surface area contributed by atoms with Crippen molar-refractivity contribution in [3.8, 4) is 5.69 Å². The number of anilines is 1. The standard InChI is InChI=1S/C18H14N6OS/c25-17(20-16-10-3-4-11-19-16)12-26-18-21-22-23-24(18)15-9-5-7-13-6-1-2-8-14(13)15/h1-11H,12H2,(H,19,20,25). The van der Waals surface area contributed by atoms with Crippen LogP contribution in [0.15, 0.2) is 72.0 Å². The Kier molecular flexibility index (Phi) is 4.57. The van der Waals surface area contributed by atoms with Gasteiger partial charge >= 0.3 is 0 Å². The van der Waals surface area contributed by atoms with Gasteiger partial charge in [-0.3, -0.25) is 4.79 Å². The SMILES string of the molecule is O=C(CSc1nnnn1-c1cccc2ccccc12)Nc1ccccn1. The number of nitrogens with zero attached hydrogens (tertiary/aromatic N) is 5. The molecular formula is C18H14N6OS. The zero-order chi connectivity index (χ0) is 17.8. The molecule has 7 nitrogen and oxygen atoms in total. The summed E-state index contributed by atoms with van der Waals surface area (Å²) in [4.78, 5) is 16.2. The number of carbonyl (C=O) groups is 1. The van der Waals surface area contributed by atoms with Crippen LogP contribution in [0.1, 0.15) is 0 Å². The highest BCUT2D eigenvalue weighted by Crippen LogP contribution is 2.25. The third-order valence-electron chi connectivity index (χ3n) is 3.70. The van der Waals surface area contributed by atoms with Gasteiger partial charge in [-0.1, -0.05) is 54.2 Å². The van der Waals surface area contributed by atoms with Crippen LogP contribution < -0.4 is 5.32 Å². The molecule has 0 unspecified atom stereocenters. The second-order valence-electron chi connectivity index (χ2n) is 5.42. The second kappa shape index (κ2) is 7.32. The van der Waals surface area contributed by atoms with Crippen molar-refractivity contribution in [3.05, 3.63) is 66.9 Å². The van der Waals surface area contributed by atoms with Crippen molar-refractivity contribution in [2.75, 3.05) is 11.1 Å². The summed E-state index contributed by atoms with van der Waals surface area (Å²) in [6.07, 6.45) is 1.63. The van der Waals surface area contributed by atoms with Gasteiger partial charge in [0, 0.05) is 11.6 Å². The van der Waals surface area contributed by atoms with Gasteiger partial charge < -0.3 is 5.32 Å². The number of benzene rings is 2. The lowest BCUT2D eigenvalue weighted by atomic mass is 10.1. The summed E-state index contributed by atoms with van der Waals surface area (Å²) < 4.78 is 1.65. The van der Waals surface area contributed by atoms with Gasteiger partial charge in [0.05, 0.1) is 11.4 Å². The van der Waals surface area contributed by atoms with Gasteiger partial charge in [-0.15, -0.1) is 5.10 Å². The van der Waals surface area contributed by atoms with E-state index in [1.54, 1.807) is 23.0 Å². The molecule has 0 aliphatic heterocycles. The minimum Gasteiger partial charge on any atom is -0.310 e. The fourth-order valence-electron chi connectivity index (χ4n) is 2.56. The Hall–Kier alpha value is -3.26. The van der Waals surface area contributed by atoms with Gasteiger partial charge in [-0.25, -0.2) is 4.98 Å². The number of rotatable bonds is 5. The van der Waals surface area contributed by atoms with Crippen LogP contribution in [0.25, 0.3) is 16.5 Å². The maximum Gasteiger partial charge on any atom is 0.236 e. The Morgan fingerprint density at radius 3 is 2.77 bits per heavy atom. The Bertz CT molecular complexity index is 1040. The lowest BCUT2D eigenvalue weighted by Gasteiger charge is -2.08. The van der Waals surface area contributed by atoms with Gasteiger partial charge in [0.2, 0.25) is 11.1 Å². The average molecular weight is 362 g/mol. The fraction of sp³-hybridized carbons (Fsp3) is 0.0556. The van der Waals surface area contributed by atoms with Crippen molar-refractivity contribution in [1.29, 1.82) is 0 Å². The molecule has 0 saturated heterocycles. The molecule has 128 valence electrons. The lowest BCUT2D eigenvalue weighted by Crippen LogP contribution is -2.15. The summed E-state index contributed by atoms with van der Waals surface area (Å²) in [6, 6.07) is 19.3. The van der Waals surface area contributed by atoms with Gasteiger partial charge in [-0.05, 0) is 34.0 Å². The molecule has 0 atom stereocenters. The van der Waals surface area contributed by atoms with Gasteiger partial charge in [0.15, 0.2) is 0 Å². The Morgan fingerprint density at radius 2 is 1.88 bits per heavy atom. The van der Waals surface area contributed by atoms with E-state index in [1.807, 2.05) is 48.5 Å². The van der Waals surface area contributed by atoms with E-state index in [9.17, 15) is 4.79 Å². The summed E-state index contributed by atoms with van der Waals surface area (Å²) >= 11 is 1.27. The first kappa shape index (κ1) is 16.2. The molecule has 2 aromatic heterocycles. The Balaban J connectivity index is 1.53. The molecule has 2 heterocycles. The molecule has 8 heteroatoms. The van der Waals surface area contributed by atoms with Crippen molar-refractivity contribution in [3.63, 3.8) is 0 Å². The van der Waals surface area contributed by atoms with E-state index in [1.165, 1.54) is 11.8 Å². The minimum absolute atomic E-state index is 0.166. The van der Waals surface area contributed by atoms with Crippen LogP contribution in [-0.4, -0.2) is 36.9 Å². The molecule has 2 aromatic carbocycles. The molecule has 4 aromatic rings. The molecule has 1 amide bonds. The number of hydrogen-bond acceptors (Lipinski definition) is 6. The third kappa shape index (κ3) is 3.40. The van der Waals surface area contributed by atoms with Crippen molar-refractivity contribution >= 4 is 34.3 Å². The maximum absolute atomic E-state index is 12.1. The number of nitrogens with one attached hydrogen (secondary N) is 1. The van der Waals surface area contributed by atoms with E-state index in [0.29, 0.717) is 11.0 Å². The van der Waals surface area contributed by atoms with Crippen molar-refractivity contribution < 1.29 is 4.79 Å². The molecular weight excluding hydrogens is 348 g/mol. The first-order valence-electron chi connectivity index (χ1n) is 7.91. The van der Waals surface area contributed by atoms with Crippen molar-refractivity contribution in [2.24, 2.45) is 0 Å². The predicted molar refractivity (Wildman–Crippen MR) is 100 cm³/mol. The average Bonchev–Trinajstić information content (AvgIpc) is 3.15. The third-order valence-corrected chi connectivity index (χ3v) is 4.62. The highest BCUT2D eigenvalue weighted by Gasteiger charge is 2.13. The quantitative estimate of drug-likeness (QED) is 0.550. The van der Waals surface area contributed by atoms with Crippen LogP contribution in [-0.2, 0) is 4.79 Å². The zero-order valence-electron chi connectivity index (χ0n) is 13.6. The van der Waals surface area contributed by atoms with Crippen molar-refractivity contribution in [1.82, 2.24) is 25.2 Å². The number of amides is 1. The van der Waals surface area contributed by atoms with Crippen LogP contribution >= 0.6 is 11.8 Å². The number of aromatic nitrogens is 5. The van der Waals surface area contributed by atoms with Crippen LogP contribution in [0.3, 0.4) is 0 Å². The summed E-state index contributed by atoms with van der Waals surface area (Å²) in [5, 5.41) is 17.3. The molecule has 0 bridgehead atoms. The second-order valence-corrected chi connectivity index (χ2v) is 6.37. The molecule has 0 aliphatic carbocycles. The number of fused-ring (bicyclic) bond motifs is 1. The van der Waals surface area contributed by atoms with Gasteiger partial charge in [0.1, 0.15) is 5.82 Å². The molecule has 4 rings (SSSR count). The van der Waals surface area contributed by atoms with Crippen LogP contribution in [0.5, 0.6) is 0 Å². The number of hydrogen-bond donors (Lipinski definition) is 1. The fourth-order valence-corrected chi connectivity index (χ4v) is 3.24. The predicted octanol–water partition coefficient (Wildman–Crippen LogP) is 2.94. The highest BCUT2D eigenvalue weighted by atomic mass is 32.2. The number of thioether (sulfide) groups is 1. The molecule has 0 spiro atoms. The van der Waals surface area contributed by atoms with Crippen LogP contribution in [0.4, 0.5) is 5.82 Å². The molecule has 26 heavy (non-hydrogen) atoms.